The fraction of sp³-hybridized carbons (Fsp3) is 0.818. The molecule has 5 nitrogen and oxygen atoms in total. The summed E-state index contributed by atoms with van der Waals surface area (Å²) in [6.45, 7) is 4.02. The molecule has 0 aromatic carbocycles. The number of rotatable bonds is 1. The number of nitrogens with one attached hydrogen (secondary N) is 1. The number of hydrogen-bond donors (Lipinski definition) is 1. The van der Waals surface area contributed by atoms with E-state index >= 15 is 0 Å². The zero-order valence-corrected chi connectivity index (χ0v) is 11.0. The number of nitrogens with zero attached hydrogens (tertiary/aromatic N) is 2. The Morgan fingerprint density at radius 1 is 1.35 bits per heavy atom. The SMILES string of the molecule is CN1CC(C(=O)N2CCCNCC2)CC1=O.Cl. The lowest BCUT2D eigenvalue weighted by molar-refractivity contribution is -0.135. The Hall–Kier alpha value is -0.810. The van der Waals surface area contributed by atoms with E-state index in [0.29, 0.717) is 13.0 Å². The van der Waals surface area contributed by atoms with Gasteiger partial charge < -0.3 is 15.1 Å². The van der Waals surface area contributed by atoms with Crippen molar-refractivity contribution in [1.29, 1.82) is 0 Å². The molecule has 2 aliphatic heterocycles. The predicted octanol–water partition coefficient (Wildman–Crippen LogP) is -0.292. The maximum atomic E-state index is 12.2. The van der Waals surface area contributed by atoms with Crippen molar-refractivity contribution < 1.29 is 9.59 Å². The highest BCUT2D eigenvalue weighted by atomic mass is 35.5. The van der Waals surface area contributed by atoms with Gasteiger partial charge in [-0.3, -0.25) is 9.59 Å². The third kappa shape index (κ3) is 3.33. The van der Waals surface area contributed by atoms with Crippen LogP contribution in [-0.4, -0.2) is 61.4 Å². The molecule has 0 aliphatic carbocycles. The number of likely N-dealkylation sites (tertiary alicyclic amines) is 1. The minimum absolute atomic E-state index is 0. The lowest BCUT2D eigenvalue weighted by Crippen LogP contribution is -2.39. The minimum Gasteiger partial charge on any atom is -0.345 e. The van der Waals surface area contributed by atoms with Crippen LogP contribution in [0.5, 0.6) is 0 Å². The average Bonchev–Trinajstić information content (AvgIpc) is 2.51. The van der Waals surface area contributed by atoms with E-state index in [1.165, 1.54) is 0 Å². The minimum atomic E-state index is -0.115. The number of hydrogen-bond acceptors (Lipinski definition) is 3. The molecule has 2 rings (SSSR count). The summed E-state index contributed by atoms with van der Waals surface area (Å²) in [5.74, 6) is 0.128. The molecular formula is C11H20ClN3O2. The topological polar surface area (TPSA) is 52.7 Å². The second kappa shape index (κ2) is 6.21. The van der Waals surface area contributed by atoms with Crippen LogP contribution in [0, 0.1) is 5.92 Å². The molecule has 1 unspecified atom stereocenters. The Kier molecular flexibility index (Phi) is 5.21. The molecule has 1 atom stereocenters. The first-order valence-electron chi connectivity index (χ1n) is 5.92. The summed E-state index contributed by atoms with van der Waals surface area (Å²) >= 11 is 0. The number of halogens is 1. The van der Waals surface area contributed by atoms with Crippen molar-refractivity contribution in [2.75, 3.05) is 39.8 Å². The Morgan fingerprint density at radius 3 is 2.76 bits per heavy atom. The molecule has 1 N–H and O–H groups in total. The Labute approximate surface area is 108 Å². The van der Waals surface area contributed by atoms with Gasteiger partial charge in [0.1, 0.15) is 0 Å². The summed E-state index contributed by atoms with van der Waals surface area (Å²) in [6, 6.07) is 0. The van der Waals surface area contributed by atoms with Crippen LogP contribution in [0.25, 0.3) is 0 Å². The zero-order valence-electron chi connectivity index (χ0n) is 10.1. The quantitative estimate of drug-likeness (QED) is 0.706. The van der Waals surface area contributed by atoms with Gasteiger partial charge in [-0.25, -0.2) is 0 Å². The van der Waals surface area contributed by atoms with Crippen LogP contribution in [0.4, 0.5) is 0 Å². The highest BCUT2D eigenvalue weighted by Gasteiger charge is 2.34. The van der Waals surface area contributed by atoms with Crippen LogP contribution < -0.4 is 5.32 Å². The Bertz CT molecular complexity index is 290. The molecule has 2 saturated heterocycles. The molecule has 2 heterocycles. The molecule has 6 heteroatoms. The maximum Gasteiger partial charge on any atom is 0.228 e. The average molecular weight is 262 g/mol. The van der Waals surface area contributed by atoms with E-state index in [0.717, 1.165) is 32.6 Å². The smallest absolute Gasteiger partial charge is 0.228 e. The van der Waals surface area contributed by atoms with Crippen molar-refractivity contribution in [2.24, 2.45) is 5.92 Å². The second-order valence-corrected chi connectivity index (χ2v) is 4.60. The highest BCUT2D eigenvalue weighted by molar-refractivity contribution is 5.89. The summed E-state index contributed by atoms with van der Waals surface area (Å²) in [5, 5.41) is 3.27. The molecule has 2 fully saturated rings. The fourth-order valence-electron chi connectivity index (χ4n) is 2.35. The Balaban J connectivity index is 0.00000144. The van der Waals surface area contributed by atoms with Gasteiger partial charge in [-0.1, -0.05) is 0 Å². The molecule has 17 heavy (non-hydrogen) atoms. The van der Waals surface area contributed by atoms with Crippen molar-refractivity contribution in [2.45, 2.75) is 12.8 Å². The van der Waals surface area contributed by atoms with Crippen LogP contribution >= 0.6 is 12.4 Å². The summed E-state index contributed by atoms with van der Waals surface area (Å²) in [5.41, 5.74) is 0. The highest BCUT2D eigenvalue weighted by Crippen LogP contribution is 2.18. The van der Waals surface area contributed by atoms with Crippen molar-refractivity contribution in [3.8, 4) is 0 Å². The summed E-state index contributed by atoms with van der Waals surface area (Å²) in [6.07, 6.45) is 1.39. The van der Waals surface area contributed by atoms with Gasteiger partial charge in [0.25, 0.3) is 0 Å². The molecule has 0 radical (unpaired) electrons. The first-order valence-corrected chi connectivity index (χ1v) is 5.92. The molecule has 0 saturated carbocycles. The van der Waals surface area contributed by atoms with Crippen molar-refractivity contribution in [1.82, 2.24) is 15.1 Å². The number of carbonyl (C=O) groups is 2. The summed E-state index contributed by atoms with van der Waals surface area (Å²) < 4.78 is 0. The van der Waals surface area contributed by atoms with E-state index in [-0.39, 0.29) is 30.1 Å². The van der Waals surface area contributed by atoms with Crippen molar-refractivity contribution >= 4 is 24.2 Å². The third-order valence-corrected chi connectivity index (χ3v) is 3.34. The van der Waals surface area contributed by atoms with Crippen LogP contribution in [0.1, 0.15) is 12.8 Å². The van der Waals surface area contributed by atoms with Gasteiger partial charge in [-0.2, -0.15) is 0 Å². The van der Waals surface area contributed by atoms with Gasteiger partial charge in [-0.05, 0) is 13.0 Å². The monoisotopic (exact) mass is 261 g/mol. The van der Waals surface area contributed by atoms with Crippen LogP contribution in [0.2, 0.25) is 0 Å². The number of amides is 2. The molecule has 0 aromatic rings. The van der Waals surface area contributed by atoms with E-state index in [2.05, 4.69) is 5.32 Å². The third-order valence-electron chi connectivity index (χ3n) is 3.34. The zero-order chi connectivity index (χ0) is 11.5. The van der Waals surface area contributed by atoms with Gasteiger partial charge in [0.05, 0.1) is 5.92 Å². The molecular weight excluding hydrogens is 242 g/mol. The van der Waals surface area contributed by atoms with Crippen LogP contribution in [0.3, 0.4) is 0 Å². The van der Waals surface area contributed by atoms with E-state index in [1.54, 1.807) is 11.9 Å². The molecule has 2 amide bonds. The lowest BCUT2D eigenvalue weighted by Gasteiger charge is -2.23. The van der Waals surface area contributed by atoms with Crippen LogP contribution in [-0.2, 0) is 9.59 Å². The van der Waals surface area contributed by atoms with Gasteiger partial charge >= 0.3 is 0 Å². The van der Waals surface area contributed by atoms with E-state index < -0.39 is 0 Å². The lowest BCUT2D eigenvalue weighted by atomic mass is 10.1. The second-order valence-electron chi connectivity index (χ2n) is 4.60. The molecule has 0 bridgehead atoms. The standard InChI is InChI=1S/C11H19N3O2.ClH/c1-13-8-9(7-10(13)15)11(16)14-5-2-3-12-4-6-14;/h9,12H,2-8H2,1H3;1H. The normalized spacial score (nSPS) is 25.5. The van der Waals surface area contributed by atoms with E-state index in [4.69, 9.17) is 0 Å². The molecule has 2 aliphatic rings. The summed E-state index contributed by atoms with van der Waals surface area (Å²) in [4.78, 5) is 27.1. The number of carbonyl (C=O) groups excluding carboxylic acids is 2. The fourth-order valence-corrected chi connectivity index (χ4v) is 2.35. The maximum absolute atomic E-state index is 12.2. The van der Waals surface area contributed by atoms with Crippen molar-refractivity contribution in [3.63, 3.8) is 0 Å². The van der Waals surface area contributed by atoms with Gasteiger partial charge in [-0.15, -0.1) is 12.4 Å². The summed E-state index contributed by atoms with van der Waals surface area (Å²) in [7, 11) is 1.76. The Morgan fingerprint density at radius 2 is 2.12 bits per heavy atom. The largest absolute Gasteiger partial charge is 0.345 e. The van der Waals surface area contributed by atoms with E-state index in [9.17, 15) is 9.59 Å². The molecule has 0 spiro atoms. The van der Waals surface area contributed by atoms with Gasteiger partial charge in [0.15, 0.2) is 0 Å². The van der Waals surface area contributed by atoms with Crippen molar-refractivity contribution in [3.05, 3.63) is 0 Å². The molecule has 98 valence electrons. The first-order chi connectivity index (χ1) is 7.68. The predicted molar refractivity (Wildman–Crippen MR) is 67.1 cm³/mol. The van der Waals surface area contributed by atoms with Gasteiger partial charge in [0.2, 0.25) is 11.8 Å². The van der Waals surface area contributed by atoms with Crippen LogP contribution in [0.15, 0.2) is 0 Å². The molecule has 0 aromatic heterocycles. The van der Waals surface area contributed by atoms with Gasteiger partial charge in [0, 0.05) is 39.6 Å². The van der Waals surface area contributed by atoms with E-state index in [1.807, 2.05) is 4.90 Å². The first kappa shape index (κ1) is 14.3.